The molecule has 1 aromatic rings. The Kier molecular flexibility index (Phi) is 4.07. The molecule has 1 aliphatic rings. The van der Waals surface area contributed by atoms with Crippen molar-refractivity contribution in [2.75, 3.05) is 13.2 Å². The topological polar surface area (TPSA) is 64.1 Å². The normalized spacial score (nSPS) is 19.2. The van der Waals surface area contributed by atoms with Gasteiger partial charge in [-0.3, -0.25) is 4.68 Å². The molecule has 0 aromatic carbocycles. The summed E-state index contributed by atoms with van der Waals surface area (Å²) in [4.78, 5) is 0. The summed E-state index contributed by atoms with van der Waals surface area (Å²) in [7, 11) is 0. The first-order chi connectivity index (χ1) is 8.58. The molecule has 0 spiro atoms. The van der Waals surface area contributed by atoms with Gasteiger partial charge >= 0.3 is 0 Å². The lowest BCUT2D eigenvalue weighted by atomic mass is 9.79. The van der Waals surface area contributed by atoms with Crippen LogP contribution in [0.2, 0.25) is 0 Å². The number of nitrogens with two attached hydrogens (primary N) is 1. The van der Waals surface area contributed by atoms with Crippen molar-refractivity contribution >= 4 is 0 Å². The fourth-order valence-corrected chi connectivity index (χ4v) is 2.49. The van der Waals surface area contributed by atoms with Gasteiger partial charge in [-0.2, -0.15) is 5.10 Å². The zero-order chi connectivity index (χ0) is 13.2. The van der Waals surface area contributed by atoms with Crippen LogP contribution in [0, 0.1) is 11.3 Å². The maximum Gasteiger partial charge on any atom is 0.0631 e. The van der Waals surface area contributed by atoms with E-state index in [-0.39, 0.29) is 12.0 Å². The van der Waals surface area contributed by atoms with Crippen molar-refractivity contribution in [2.24, 2.45) is 17.1 Å². The van der Waals surface area contributed by atoms with Gasteiger partial charge in [0.2, 0.25) is 0 Å². The average Bonchev–Trinajstić information content (AvgIpc) is 3.04. The highest BCUT2D eigenvalue weighted by Crippen LogP contribution is 2.41. The van der Waals surface area contributed by atoms with Crippen molar-refractivity contribution in [3.8, 4) is 0 Å². The van der Waals surface area contributed by atoms with Crippen molar-refractivity contribution < 1.29 is 5.11 Å². The second kappa shape index (κ2) is 5.41. The number of aliphatic hydroxyl groups excluding tert-OH is 1. The first-order valence-electron chi connectivity index (χ1n) is 6.93. The quantitative estimate of drug-likeness (QED) is 0.776. The Morgan fingerprint density at radius 3 is 2.72 bits per heavy atom. The summed E-state index contributed by atoms with van der Waals surface area (Å²) < 4.78 is 1.96. The van der Waals surface area contributed by atoms with Gasteiger partial charge in [0.1, 0.15) is 0 Å². The second-order valence-electron chi connectivity index (χ2n) is 6.07. The van der Waals surface area contributed by atoms with E-state index in [1.54, 1.807) is 0 Å². The number of aromatic nitrogens is 2. The van der Waals surface area contributed by atoms with Gasteiger partial charge in [-0.05, 0) is 32.3 Å². The minimum absolute atomic E-state index is 0.161. The lowest BCUT2D eigenvalue weighted by Crippen LogP contribution is -2.37. The number of hydrogen-bond acceptors (Lipinski definition) is 3. The molecule has 1 heterocycles. The molecule has 1 fully saturated rings. The fraction of sp³-hybridized carbons (Fsp3) is 0.786. The summed E-state index contributed by atoms with van der Waals surface area (Å²) >= 11 is 0. The number of nitrogens with zero attached hydrogens (tertiary/aromatic N) is 2. The van der Waals surface area contributed by atoms with Gasteiger partial charge in [0.25, 0.3) is 0 Å². The van der Waals surface area contributed by atoms with E-state index in [0.29, 0.717) is 12.6 Å². The Morgan fingerprint density at radius 1 is 1.56 bits per heavy atom. The maximum atomic E-state index is 9.72. The summed E-state index contributed by atoms with van der Waals surface area (Å²) in [5.41, 5.74) is 6.79. The molecule has 0 bridgehead atoms. The summed E-state index contributed by atoms with van der Waals surface area (Å²) in [5.74, 6) is 0.771. The first-order valence-corrected chi connectivity index (χ1v) is 6.93. The van der Waals surface area contributed by atoms with Crippen LogP contribution in [0.5, 0.6) is 0 Å². The van der Waals surface area contributed by atoms with Crippen molar-refractivity contribution in [3.05, 3.63) is 18.0 Å². The molecule has 1 atom stereocenters. The monoisotopic (exact) mass is 251 g/mol. The lowest BCUT2D eigenvalue weighted by molar-refractivity contribution is 0.114. The SMILES string of the molecule is CC(C)n1ccc(CC(CN)(CO)CC2CC2)n1. The lowest BCUT2D eigenvalue weighted by Gasteiger charge is -2.29. The maximum absolute atomic E-state index is 9.72. The molecule has 0 saturated heterocycles. The highest BCUT2D eigenvalue weighted by atomic mass is 16.3. The molecule has 1 saturated carbocycles. The predicted octanol–water partition coefficient (Wildman–Crippen LogP) is 1.74. The predicted molar refractivity (Wildman–Crippen MR) is 72.2 cm³/mol. The van der Waals surface area contributed by atoms with Gasteiger partial charge in [0.15, 0.2) is 0 Å². The van der Waals surface area contributed by atoms with Crippen LogP contribution in [0.4, 0.5) is 0 Å². The number of rotatable bonds is 7. The van der Waals surface area contributed by atoms with E-state index < -0.39 is 0 Å². The minimum atomic E-state index is -0.169. The van der Waals surface area contributed by atoms with Crippen LogP contribution >= 0.6 is 0 Å². The molecule has 0 radical (unpaired) electrons. The molecule has 1 unspecified atom stereocenters. The molecule has 3 N–H and O–H groups in total. The van der Waals surface area contributed by atoms with Gasteiger partial charge < -0.3 is 10.8 Å². The molecule has 18 heavy (non-hydrogen) atoms. The number of aliphatic hydroxyl groups is 1. The van der Waals surface area contributed by atoms with Gasteiger partial charge in [0.05, 0.1) is 12.3 Å². The third kappa shape index (κ3) is 3.12. The molecule has 4 heteroatoms. The third-order valence-corrected chi connectivity index (χ3v) is 3.94. The molecule has 0 amide bonds. The smallest absolute Gasteiger partial charge is 0.0631 e. The third-order valence-electron chi connectivity index (χ3n) is 3.94. The van der Waals surface area contributed by atoms with E-state index in [4.69, 9.17) is 5.73 Å². The van der Waals surface area contributed by atoms with Crippen LogP contribution in [0.25, 0.3) is 0 Å². The summed E-state index contributed by atoms with van der Waals surface area (Å²) in [5, 5.41) is 14.3. The molecular weight excluding hydrogens is 226 g/mol. The highest BCUT2D eigenvalue weighted by molar-refractivity contribution is 5.05. The molecule has 102 valence electrons. The standard InChI is InChI=1S/C14H25N3O/c1-11(2)17-6-5-13(16-17)8-14(9-15,10-18)7-12-3-4-12/h5-6,11-12,18H,3-4,7-10,15H2,1-2H3. The largest absolute Gasteiger partial charge is 0.396 e. The zero-order valence-corrected chi connectivity index (χ0v) is 11.5. The van der Waals surface area contributed by atoms with Crippen LogP contribution in [0.1, 0.15) is 44.8 Å². The molecule has 1 aliphatic carbocycles. The Hall–Kier alpha value is -0.870. The molecule has 0 aliphatic heterocycles. The van der Waals surface area contributed by atoms with Gasteiger partial charge in [-0.1, -0.05) is 12.8 Å². The van der Waals surface area contributed by atoms with E-state index in [1.165, 1.54) is 12.8 Å². The van der Waals surface area contributed by atoms with Crippen molar-refractivity contribution in [2.45, 2.75) is 45.6 Å². The minimum Gasteiger partial charge on any atom is -0.396 e. The van der Waals surface area contributed by atoms with Crippen molar-refractivity contribution in [1.82, 2.24) is 9.78 Å². The van der Waals surface area contributed by atoms with Gasteiger partial charge in [-0.25, -0.2) is 0 Å². The second-order valence-corrected chi connectivity index (χ2v) is 6.07. The highest BCUT2D eigenvalue weighted by Gasteiger charge is 2.36. The van der Waals surface area contributed by atoms with Crippen LogP contribution < -0.4 is 5.73 Å². The Balaban J connectivity index is 2.06. The van der Waals surface area contributed by atoms with Crippen LogP contribution in [0.15, 0.2) is 12.3 Å². The molecule has 2 rings (SSSR count). The van der Waals surface area contributed by atoms with E-state index in [0.717, 1.165) is 24.5 Å². The first kappa shape index (κ1) is 13.6. The molecular formula is C14H25N3O. The van der Waals surface area contributed by atoms with Crippen LogP contribution in [-0.2, 0) is 6.42 Å². The Morgan fingerprint density at radius 2 is 2.28 bits per heavy atom. The molecule has 4 nitrogen and oxygen atoms in total. The fourth-order valence-electron chi connectivity index (χ4n) is 2.49. The van der Waals surface area contributed by atoms with E-state index in [2.05, 4.69) is 18.9 Å². The average molecular weight is 251 g/mol. The Labute approximate surface area is 109 Å². The van der Waals surface area contributed by atoms with Crippen molar-refractivity contribution in [1.29, 1.82) is 0 Å². The summed E-state index contributed by atoms with van der Waals surface area (Å²) in [6.45, 7) is 4.93. The van der Waals surface area contributed by atoms with E-state index >= 15 is 0 Å². The van der Waals surface area contributed by atoms with Crippen LogP contribution in [0.3, 0.4) is 0 Å². The van der Waals surface area contributed by atoms with E-state index in [9.17, 15) is 5.11 Å². The van der Waals surface area contributed by atoms with Crippen molar-refractivity contribution in [3.63, 3.8) is 0 Å². The summed E-state index contributed by atoms with van der Waals surface area (Å²) in [6.07, 6.45) is 6.42. The van der Waals surface area contributed by atoms with E-state index in [1.807, 2.05) is 16.9 Å². The number of hydrogen-bond donors (Lipinski definition) is 2. The molecule has 1 aromatic heterocycles. The van der Waals surface area contributed by atoms with Crippen LogP contribution in [-0.4, -0.2) is 28.0 Å². The zero-order valence-electron chi connectivity index (χ0n) is 11.5. The Bertz CT molecular complexity index is 378. The summed E-state index contributed by atoms with van der Waals surface area (Å²) in [6, 6.07) is 2.43. The van der Waals surface area contributed by atoms with Gasteiger partial charge in [-0.15, -0.1) is 0 Å². The van der Waals surface area contributed by atoms with Gasteiger partial charge in [0, 0.05) is 30.6 Å².